The third-order valence-electron chi connectivity index (χ3n) is 3.78. The standard InChI is InChI=1S/C13H12F15O3P/c1-2-5(14)7(15,16)8(17,18)9(19,20)10(21,22)11(23,24)12(25,26)13(27,28)31-6(29)3-4-30-32/h5H,2-4,32H2,1H3. The molecule has 0 N–H and O–H groups in total. The molecule has 3 nitrogen and oxygen atoms in total. The molecule has 0 aromatic heterocycles. The van der Waals surface area contributed by atoms with Crippen molar-refractivity contribution in [2.45, 2.75) is 67.6 Å². The minimum atomic E-state index is -8.37. The van der Waals surface area contributed by atoms with Gasteiger partial charge in [0.1, 0.15) is 0 Å². The van der Waals surface area contributed by atoms with E-state index in [1.807, 2.05) is 0 Å². The number of hydrogen-bond donors (Lipinski definition) is 0. The van der Waals surface area contributed by atoms with Gasteiger partial charge in [0.25, 0.3) is 0 Å². The highest BCUT2D eigenvalue weighted by atomic mass is 31.0. The van der Waals surface area contributed by atoms with Gasteiger partial charge in [0, 0.05) is 9.47 Å². The summed E-state index contributed by atoms with van der Waals surface area (Å²) in [6, 6.07) is 0. The van der Waals surface area contributed by atoms with Crippen LogP contribution in [-0.2, 0) is 14.1 Å². The molecule has 0 aliphatic carbocycles. The monoisotopic (exact) mass is 532 g/mol. The van der Waals surface area contributed by atoms with Crippen LogP contribution in [-0.4, -0.2) is 60.4 Å². The van der Waals surface area contributed by atoms with E-state index in [2.05, 4.69) is 9.26 Å². The molecule has 32 heavy (non-hydrogen) atoms. The molecule has 0 fully saturated rings. The van der Waals surface area contributed by atoms with Gasteiger partial charge in [-0.3, -0.25) is 4.79 Å². The van der Waals surface area contributed by atoms with Crippen LogP contribution in [0.1, 0.15) is 19.8 Å². The molecule has 0 bridgehead atoms. The zero-order valence-electron chi connectivity index (χ0n) is 15.2. The predicted octanol–water partition coefficient (Wildman–Crippen LogP) is 5.88. The molecule has 0 aliphatic rings. The maximum Gasteiger partial charge on any atom is 0.473 e. The van der Waals surface area contributed by atoms with Crippen molar-refractivity contribution >= 4 is 15.4 Å². The fraction of sp³-hybridized carbons (Fsp3) is 0.923. The Morgan fingerprint density at radius 2 is 1.12 bits per heavy atom. The van der Waals surface area contributed by atoms with Gasteiger partial charge in [0.2, 0.25) is 0 Å². The maximum absolute atomic E-state index is 13.5. The molecule has 192 valence electrons. The molecule has 0 spiro atoms. The third kappa shape index (κ3) is 4.57. The van der Waals surface area contributed by atoms with Gasteiger partial charge in [-0.05, 0) is 6.42 Å². The first-order chi connectivity index (χ1) is 13.9. The maximum atomic E-state index is 13.5. The van der Waals surface area contributed by atoms with Crippen molar-refractivity contribution in [3.8, 4) is 0 Å². The van der Waals surface area contributed by atoms with Crippen LogP contribution < -0.4 is 0 Å². The molecule has 0 radical (unpaired) electrons. The van der Waals surface area contributed by atoms with Gasteiger partial charge in [-0.1, -0.05) is 6.92 Å². The summed E-state index contributed by atoms with van der Waals surface area (Å²) >= 11 is 0. The van der Waals surface area contributed by atoms with E-state index in [0.29, 0.717) is 6.92 Å². The van der Waals surface area contributed by atoms with Gasteiger partial charge in [-0.2, -0.15) is 61.5 Å². The number of rotatable bonds is 12. The molecule has 0 aromatic rings. The fourth-order valence-electron chi connectivity index (χ4n) is 1.84. The molecule has 0 aromatic carbocycles. The Hall–Kier alpha value is -1.19. The Morgan fingerprint density at radius 3 is 1.50 bits per heavy atom. The number of carbonyl (C=O) groups is 1. The lowest BCUT2D eigenvalue weighted by molar-refractivity contribution is -0.462. The summed E-state index contributed by atoms with van der Waals surface area (Å²) in [4.78, 5) is 10.9. The first-order valence-electron chi connectivity index (χ1n) is 7.76. The molecule has 2 unspecified atom stereocenters. The van der Waals surface area contributed by atoms with Gasteiger partial charge >= 0.3 is 47.6 Å². The number of esters is 1. The highest BCUT2D eigenvalue weighted by Crippen LogP contribution is 2.62. The molecule has 0 heterocycles. The molecule has 0 amide bonds. The second-order valence-corrected chi connectivity index (χ2v) is 6.32. The van der Waals surface area contributed by atoms with Crippen molar-refractivity contribution in [3.63, 3.8) is 0 Å². The normalized spacial score (nSPS) is 16.2. The van der Waals surface area contributed by atoms with Crippen LogP contribution in [0.2, 0.25) is 0 Å². The molecular weight excluding hydrogens is 520 g/mol. The summed E-state index contributed by atoms with van der Waals surface area (Å²) in [5.74, 6) is -49.9. The van der Waals surface area contributed by atoms with Crippen LogP contribution in [0.25, 0.3) is 0 Å². The fourth-order valence-corrected chi connectivity index (χ4v) is 1.95. The number of ether oxygens (including phenoxy) is 1. The number of halogens is 15. The van der Waals surface area contributed by atoms with Crippen LogP contribution in [0.5, 0.6) is 0 Å². The number of hydrogen-bond acceptors (Lipinski definition) is 3. The summed E-state index contributed by atoms with van der Waals surface area (Å²) in [7, 11) is 1.39. The van der Waals surface area contributed by atoms with E-state index in [0.717, 1.165) is 0 Å². The second kappa shape index (κ2) is 9.22. The van der Waals surface area contributed by atoms with E-state index in [1.165, 1.54) is 9.47 Å². The summed E-state index contributed by atoms with van der Waals surface area (Å²) < 4.78 is 207. The Balaban J connectivity index is 6.44. The van der Waals surface area contributed by atoms with Crippen LogP contribution in [0.15, 0.2) is 0 Å². The highest BCUT2D eigenvalue weighted by molar-refractivity contribution is 7.09. The zero-order chi connectivity index (χ0) is 26.2. The Morgan fingerprint density at radius 1 is 0.750 bits per heavy atom. The van der Waals surface area contributed by atoms with E-state index in [9.17, 15) is 70.7 Å². The lowest BCUT2D eigenvalue weighted by Crippen LogP contribution is -2.74. The molecule has 0 aliphatic heterocycles. The van der Waals surface area contributed by atoms with Gasteiger partial charge < -0.3 is 9.26 Å². The van der Waals surface area contributed by atoms with Gasteiger partial charge in [0.15, 0.2) is 6.17 Å². The van der Waals surface area contributed by atoms with E-state index >= 15 is 0 Å². The van der Waals surface area contributed by atoms with Crippen LogP contribution in [0.4, 0.5) is 65.9 Å². The van der Waals surface area contributed by atoms with Crippen molar-refractivity contribution in [1.29, 1.82) is 0 Å². The van der Waals surface area contributed by atoms with Crippen molar-refractivity contribution in [1.82, 2.24) is 0 Å². The molecule has 0 rings (SSSR count). The molecule has 0 saturated heterocycles. The summed E-state index contributed by atoms with van der Waals surface area (Å²) in [6.45, 7) is -0.593. The first-order valence-corrected chi connectivity index (χ1v) is 8.23. The lowest BCUT2D eigenvalue weighted by atomic mass is 9.89. The van der Waals surface area contributed by atoms with Crippen LogP contribution >= 0.6 is 9.47 Å². The minimum absolute atomic E-state index is 0.310. The average Bonchev–Trinajstić information content (AvgIpc) is 2.64. The molecule has 19 heteroatoms. The third-order valence-corrected chi connectivity index (χ3v) is 4.02. The van der Waals surface area contributed by atoms with Crippen molar-refractivity contribution in [2.24, 2.45) is 0 Å². The van der Waals surface area contributed by atoms with Crippen LogP contribution in [0, 0.1) is 0 Å². The number of alkyl halides is 15. The van der Waals surface area contributed by atoms with Crippen molar-refractivity contribution in [2.75, 3.05) is 6.61 Å². The SMILES string of the molecule is CCC(F)C(F)(F)C(F)(F)C(F)(F)C(F)(F)C(F)(F)C(F)(F)C(F)(F)OC(=O)CCOP. The van der Waals surface area contributed by atoms with Gasteiger partial charge in [-0.25, -0.2) is 4.39 Å². The Kier molecular flexibility index (Phi) is 8.87. The highest BCUT2D eigenvalue weighted by Gasteiger charge is 2.94. The summed E-state index contributed by atoms with van der Waals surface area (Å²) in [5.41, 5.74) is 0. The summed E-state index contributed by atoms with van der Waals surface area (Å²) in [6.07, 6.45) is -14.6. The largest absolute Gasteiger partial charge is 0.473 e. The Labute approximate surface area is 170 Å². The van der Waals surface area contributed by atoms with E-state index in [1.54, 1.807) is 0 Å². The van der Waals surface area contributed by atoms with E-state index < -0.39 is 73.2 Å². The molecule has 0 saturated carbocycles. The quantitative estimate of drug-likeness (QED) is 0.179. The smallest absolute Gasteiger partial charge is 0.396 e. The van der Waals surface area contributed by atoms with E-state index in [-0.39, 0.29) is 0 Å². The van der Waals surface area contributed by atoms with E-state index in [4.69, 9.17) is 0 Å². The molecular formula is C13H12F15O3P. The number of carbonyl (C=O) groups excluding carboxylic acids is 1. The zero-order valence-corrected chi connectivity index (χ0v) is 16.3. The lowest BCUT2D eigenvalue weighted by Gasteiger charge is -2.42. The summed E-state index contributed by atoms with van der Waals surface area (Å²) in [5, 5.41) is 0. The topological polar surface area (TPSA) is 35.5 Å². The van der Waals surface area contributed by atoms with Crippen molar-refractivity contribution in [3.05, 3.63) is 0 Å². The predicted molar refractivity (Wildman–Crippen MR) is 76.2 cm³/mol. The second-order valence-electron chi connectivity index (χ2n) is 5.98. The Bertz CT molecular complexity index is 667. The van der Waals surface area contributed by atoms with Crippen molar-refractivity contribution < 1.29 is 79.9 Å². The first kappa shape index (κ1) is 30.8. The molecule has 2 atom stereocenters. The average molecular weight is 532 g/mol. The van der Waals surface area contributed by atoms with Gasteiger partial charge in [-0.15, -0.1) is 0 Å². The van der Waals surface area contributed by atoms with Crippen LogP contribution in [0.3, 0.4) is 0 Å². The minimum Gasteiger partial charge on any atom is -0.396 e. The van der Waals surface area contributed by atoms with Gasteiger partial charge in [0.05, 0.1) is 13.0 Å².